The first-order valence-electron chi connectivity index (χ1n) is 6.52. The zero-order chi connectivity index (χ0) is 16.4. The molecular formula is C15H18N2O4S. The SMILES string of the molecule is CNC(=O)CN(C)C(=O)COC(=O)/C=C/Sc1ccccc1. The van der Waals surface area contributed by atoms with Crippen LogP contribution in [0.25, 0.3) is 0 Å². The van der Waals surface area contributed by atoms with Gasteiger partial charge in [0.2, 0.25) is 5.91 Å². The topological polar surface area (TPSA) is 75.7 Å². The third-order valence-corrected chi connectivity index (χ3v) is 3.39. The molecule has 0 aliphatic heterocycles. The average Bonchev–Trinajstić information content (AvgIpc) is 2.53. The summed E-state index contributed by atoms with van der Waals surface area (Å²) in [5.41, 5.74) is 0. The molecule has 118 valence electrons. The van der Waals surface area contributed by atoms with Crippen molar-refractivity contribution in [3.05, 3.63) is 41.8 Å². The summed E-state index contributed by atoms with van der Waals surface area (Å²) in [6.45, 7) is -0.473. The smallest absolute Gasteiger partial charge is 0.331 e. The molecule has 0 atom stereocenters. The van der Waals surface area contributed by atoms with Crippen molar-refractivity contribution in [1.82, 2.24) is 10.2 Å². The predicted molar refractivity (Wildman–Crippen MR) is 84.1 cm³/mol. The summed E-state index contributed by atoms with van der Waals surface area (Å²) in [7, 11) is 2.95. The number of rotatable bonds is 7. The fourth-order valence-electron chi connectivity index (χ4n) is 1.34. The molecule has 2 amide bonds. The van der Waals surface area contributed by atoms with Gasteiger partial charge in [-0.15, -0.1) is 0 Å². The van der Waals surface area contributed by atoms with E-state index in [4.69, 9.17) is 4.74 Å². The number of hydrogen-bond acceptors (Lipinski definition) is 5. The molecule has 1 aromatic rings. The second-order valence-corrected chi connectivity index (χ2v) is 5.24. The molecule has 0 aliphatic rings. The second kappa shape index (κ2) is 9.62. The summed E-state index contributed by atoms with van der Waals surface area (Å²) >= 11 is 1.37. The van der Waals surface area contributed by atoms with Crippen LogP contribution in [-0.4, -0.2) is 49.9 Å². The minimum absolute atomic E-state index is 0.0768. The summed E-state index contributed by atoms with van der Waals surface area (Å²) in [5, 5.41) is 4.00. The van der Waals surface area contributed by atoms with Gasteiger partial charge in [-0.1, -0.05) is 30.0 Å². The standard InChI is InChI=1S/C15H18N2O4S/c1-16-13(18)10-17(2)14(19)11-21-15(20)8-9-22-12-6-4-3-5-7-12/h3-9H,10-11H2,1-2H3,(H,16,18)/b9-8+. The lowest BCUT2D eigenvalue weighted by Gasteiger charge is -2.15. The molecule has 0 saturated carbocycles. The van der Waals surface area contributed by atoms with Crippen LogP contribution in [0, 0.1) is 0 Å². The van der Waals surface area contributed by atoms with Crippen LogP contribution < -0.4 is 5.32 Å². The third kappa shape index (κ3) is 6.94. The van der Waals surface area contributed by atoms with Crippen LogP contribution in [0.4, 0.5) is 0 Å². The molecule has 0 aromatic heterocycles. The van der Waals surface area contributed by atoms with E-state index in [1.165, 1.54) is 36.8 Å². The molecule has 0 fully saturated rings. The number of hydrogen-bond donors (Lipinski definition) is 1. The number of benzene rings is 1. The van der Waals surface area contributed by atoms with E-state index in [1.807, 2.05) is 30.3 Å². The van der Waals surface area contributed by atoms with Gasteiger partial charge >= 0.3 is 5.97 Å². The van der Waals surface area contributed by atoms with Crippen molar-refractivity contribution in [2.75, 3.05) is 27.2 Å². The van der Waals surface area contributed by atoms with Crippen LogP contribution in [0.3, 0.4) is 0 Å². The molecule has 0 aliphatic carbocycles. The number of ether oxygens (including phenoxy) is 1. The Morgan fingerprint density at radius 1 is 1.27 bits per heavy atom. The number of amides is 2. The predicted octanol–water partition coefficient (Wildman–Crippen LogP) is 1.04. The molecule has 6 nitrogen and oxygen atoms in total. The van der Waals surface area contributed by atoms with Crippen molar-refractivity contribution in [3.63, 3.8) is 0 Å². The molecule has 0 bridgehead atoms. The number of carbonyl (C=O) groups is 3. The summed E-state index contributed by atoms with van der Waals surface area (Å²) in [6, 6.07) is 9.53. The highest BCUT2D eigenvalue weighted by Gasteiger charge is 2.13. The molecule has 0 saturated heterocycles. The Balaban J connectivity index is 2.30. The van der Waals surface area contributed by atoms with Gasteiger partial charge in [0.1, 0.15) is 0 Å². The van der Waals surface area contributed by atoms with E-state index in [0.717, 1.165) is 4.90 Å². The van der Waals surface area contributed by atoms with Gasteiger partial charge in [0.05, 0.1) is 6.54 Å². The van der Waals surface area contributed by atoms with Crippen LogP contribution in [-0.2, 0) is 19.1 Å². The van der Waals surface area contributed by atoms with E-state index in [9.17, 15) is 14.4 Å². The summed E-state index contributed by atoms with van der Waals surface area (Å²) in [6.07, 6.45) is 1.25. The molecule has 1 rings (SSSR count). The fraction of sp³-hybridized carbons (Fsp3) is 0.267. The summed E-state index contributed by atoms with van der Waals surface area (Å²) < 4.78 is 4.82. The maximum absolute atomic E-state index is 11.6. The first kappa shape index (κ1) is 17.8. The number of esters is 1. The van der Waals surface area contributed by atoms with Gasteiger partial charge in [-0.05, 0) is 17.5 Å². The minimum Gasteiger partial charge on any atom is -0.452 e. The molecule has 1 N–H and O–H groups in total. The minimum atomic E-state index is -0.606. The van der Waals surface area contributed by atoms with Gasteiger partial charge in [-0.2, -0.15) is 0 Å². The van der Waals surface area contributed by atoms with Crippen LogP contribution in [0.5, 0.6) is 0 Å². The van der Waals surface area contributed by atoms with Crippen molar-refractivity contribution in [2.45, 2.75) is 4.90 Å². The quantitative estimate of drug-likeness (QED) is 0.461. The lowest BCUT2D eigenvalue weighted by Crippen LogP contribution is -2.38. The first-order valence-corrected chi connectivity index (χ1v) is 7.40. The van der Waals surface area contributed by atoms with Crippen LogP contribution in [0.1, 0.15) is 0 Å². The van der Waals surface area contributed by atoms with Gasteiger partial charge < -0.3 is 15.0 Å². The molecule has 0 radical (unpaired) electrons. The maximum Gasteiger partial charge on any atom is 0.331 e. The van der Waals surface area contributed by atoms with E-state index in [1.54, 1.807) is 5.41 Å². The Hall–Kier alpha value is -2.28. The van der Waals surface area contributed by atoms with Crippen LogP contribution in [0.2, 0.25) is 0 Å². The largest absolute Gasteiger partial charge is 0.452 e. The molecule has 0 heterocycles. The number of nitrogens with zero attached hydrogens (tertiary/aromatic N) is 1. The Morgan fingerprint density at radius 3 is 2.59 bits per heavy atom. The molecule has 0 unspecified atom stereocenters. The normalized spacial score (nSPS) is 10.3. The molecule has 22 heavy (non-hydrogen) atoms. The van der Waals surface area contributed by atoms with Crippen molar-refractivity contribution in [3.8, 4) is 0 Å². The zero-order valence-electron chi connectivity index (χ0n) is 12.4. The average molecular weight is 322 g/mol. The Morgan fingerprint density at radius 2 is 1.95 bits per heavy atom. The van der Waals surface area contributed by atoms with Crippen LogP contribution >= 0.6 is 11.8 Å². The van der Waals surface area contributed by atoms with Gasteiger partial charge in [-0.3, -0.25) is 9.59 Å². The van der Waals surface area contributed by atoms with Crippen molar-refractivity contribution in [1.29, 1.82) is 0 Å². The highest BCUT2D eigenvalue weighted by atomic mass is 32.2. The number of nitrogens with one attached hydrogen (secondary N) is 1. The van der Waals surface area contributed by atoms with Crippen LogP contribution in [0.15, 0.2) is 46.7 Å². The van der Waals surface area contributed by atoms with Gasteiger partial charge in [-0.25, -0.2) is 4.79 Å². The Kier molecular flexibility index (Phi) is 7.77. The lowest BCUT2D eigenvalue weighted by molar-refractivity contribution is -0.148. The highest BCUT2D eigenvalue weighted by molar-refractivity contribution is 8.02. The molecule has 1 aromatic carbocycles. The van der Waals surface area contributed by atoms with Crippen molar-refractivity contribution >= 4 is 29.5 Å². The third-order valence-electron chi connectivity index (χ3n) is 2.57. The monoisotopic (exact) mass is 322 g/mol. The van der Waals surface area contributed by atoms with E-state index in [2.05, 4.69) is 5.32 Å². The summed E-state index contributed by atoms with van der Waals surface area (Å²) in [4.78, 5) is 36.4. The summed E-state index contributed by atoms with van der Waals surface area (Å²) in [5.74, 6) is -1.34. The first-order chi connectivity index (χ1) is 10.5. The number of carbonyl (C=O) groups excluding carboxylic acids is 3. The van der Waals surface area contributed by atoms with E-state index >= 15 is 0 Å². The molecular weight excluding hydrogens is 304 g/mol. The number of likely N-dealkylation sites (N-methyl/N-ethyl adjacent to an activating group) is 2. The van der Waals surface area contributed by atoms with Gasteiger partial charge in [0.25, 0.3) is 5.91 Å². The van der Waals surface area contributed by atoms with Crippen molar-refractivity contribution < 1.29 is 19.1 Å². The maximum atomic E-state index is 11.6. The van der Waals surface area contributed by atoms with Gasteiger partial charge in [0.15, 0.2) is 6.61 Å². The Bertz CT molecular complexity index is 546. The fourth-order valence-corrected chi connectivity index (χ4v) is 1.99. The van der Waals surface area contributed by atoms with Gasteiger partial charge in [0, 0.05) is 25.1 Å². The Labute approximate surface area is 133 Å². The molecule has 0 spiro atoms. The van der Waals surface area contributed by atoms with E-state index < -0.39 is 18.5 Å². The lowest BCUT2D eigenvalue weighted by atomic mass is 10.4. The zero-order valence-corrected chi connectivity index (χ0v) is 13.3. The highest BCUT2D eigenvalue weighted by Crippen LogP contribution is 2.17. The van der Waals surface area contributed by atoms with E-state index in [0.29, 0.717) is 0 Å². The molecule has 7 heteroatoms. The number of thioether (sulfide) groups is 1. The van der Waals surface area contributed by atoms with E-state index in [-0.39, 0.29) is 12.5 Å². The second-order valence-electron chi connectivity index (χ2n) is 4.26. The van der Waals surface area contributed by atoms with Crippen molar-refractivity contribution in [2.24, 2.45) is 0 Å².